The predicted molar refractivity (Wildman–Crippen MR) is 385 cm³/mol. The first-order valence-corrected chi connectivity index (χ1v) is 32.1. The molecule has 0 spiro atoms. The number of amides is 6. The van der Waals surface area contributed by atoms with Crippen LogP contribution in [0.15, 0.2) is 164 Å². The van der Waals surface area contributed by atoms with E-state index in [2.05, 4.69) is 70.0 Å². The number of benzene rings is 2. The van der Waals surface area contributed by atoms with E-state index in [1.165, 1.54) is 65.0 Å². The number of aliphatic hydroxyl groups excluding tert-OH is 2. The van der Waals surface area contributed by atoms with E-state index >= 15 is 0 Å². The minimum absolute atomic E-state index is 0.00289. The average molecular weight is 1500 g/mol. The number of aliphatic hydroxyl groups is 2. The Labute approximate surface area is 615 Å². The molecule has 0 unspecified atom stereocenters. The highest BCUT2D eigenvalue weighted by Gasteiger charge is 2.43. The first-order chi connectivity index (χ1) is 52.5. The van der Waals surface area contributed by atoms with Gasteiger partial charge >= 0.3 is 17.5 Å². The third-order valence-corrected chi connectivity index (χ3v) is 15.1. The van der Waals surface area contributed by atoms with Crippen molar-refractivity contribution in [3.8, 4) is 29.1 Å². The molecule has 6 amide bonds. The van der Waals surface area contributed by atoms with Crippen LogP contribution in [0.2, 0.25) is 0 Å². The Bertz CT molecular complexity index is 4820. The zero-order chi connectivity index (χ0) is 78.7. The summed E-state index contributed by atoms with van der Waals surface area (Å²) in [5.74, 6) is -5.18. The number of oxime groups is 1. The third-order valence-electron chi connectivity index (χ3n) is 15.1. The molecule has 7 aromatic heterocycles. The van der Waals surface area contributed by atoms with E-state index in [1.807, 2.05) is 6.07 Å². The number of H-pyrrole nitrogens is 2. The molecule has 42 heteroatoms. The number of aromatic nitrogens is 9. The number of hydrogen-bond acceptors (Lipinski definition) is 32. The van der Waals surface area contributed by atoms with Gasteiger partial charge in [0.1, 0.15) is 53.6 Å². The molecule has 568 valence electrons. The number of nitrogens with one attached hydrogen (secondary N) is 5. The number of esters is 1. The minimum Gasteiger partial charge on any atom is -0.449 e. The summed E-state index contributed by atoms with van der Waals surface area (Å²) in [6.45, 7) is 3.26. The lowest BCUT2D eigenvalue weighted by Gasteiger charge is -2.35. The zero-order valence-corrected chi connectivity index (χ0v) is 57.7. The minimum atomic E-state index is -1.77. The van der Waals surface area contributed by atoms with Crippen LogP contribution >= 0.6 is 0 Å². The van der Waals surface area contributed by atoms with Gasteiger partial charge in [-0.05, 0) is 97.1 Å². The van der Waals surface area contributed by atoms with Crippen molar-refractivity contribution < 1.29 is 81.7 Å². The molecule has 11 heterocycles. The van der Waals surface area contributed by atoms with Crippen LogP contribution in [-0.4, -0.2) is 211 Å². The van der Waals surface area contributed by atoms with Crippen LogP contribution in [0.25, 0.3) is 23.0 Å². The number of pyridine rings is 5. The maximum atomic E-state index is 13.5. The zero-order valence-electron chi connectivity index (χ0n) is 57.7. The summed E-state index contributed by atoms with van der Waals surface area (Å²) in [5, 5.41) is 56.2. The molecule has 4 fully saturated rings. The molecule has 4 aliphatic rings. The Morgan fingerprint density at radius 2 is 1.04 bits per heavy atom. The number of nitrogens with two attached hydrogens (primary N) is 5. The molecule has 9 aromatic rings. The highest BCUT2D eigenvalue weighted by molar-refractivity contribution is 6.06. The fourth-order valence-electron chi connectivity index (χ4n) is 9.95. The smallest absolute Gasteiger partial charge is 0.439 e. The fourth-order valence-corrected chi connectivity index (χ4v) is 9.95. The molecule has 0 radical (unpaired) electrons. The SMILES string of the molecule is CC(=O)O[C@@H](C(=O)Nc1ccc(-c2noc(=O)[nH]2)nc1)[C@H]1OCCN(c2cccc(N3CCOCC3=O)c2)C1=O.CO.N#Cc1ccc(N)cn1.N=C(N)c1ccc(NC(=O)[C@H](O)[C@H]2OCCN(c3cccc(N4CCOCC4=O)c3)C2=O)cn1.NC(=NO)c1ccc(N)cn1.Nc1ccc(-c2noc(=O)[nH]2)nc1. The van der Waals surface area contributed by atoms with E-state index in [4.69, 9.17) is 73.3 Å². The maximum absolute atomic E-state index is 13.5. The van der Waals surface area contributed by atoms with Gasteiger partial charge in [0.25, 0.3) is 35.4 Å². The van der Waals surface area contributed by atoms with Gasteiger partial charge in [-0.1, -0.05) is 27.6 Å². The topological polar surface area (TPSA) is 636 Å². The number of nitriles is 1. The molecule has 4 aliphatic heterocycles. The van der Waals surface area contributed by atoms with Gasteiger partial charge in [0.15, 0.2) is 24.1 Å². The molecule has 0 bridgehead atoms. The molecule has 18 N–H and O–H groups in total. The quantitative estimate of drug-likeness (QED) is 0.0201. The van der Waals surface area contributed by atoms with Gasteiger partial charge in [0.05, 0.1) is 85.8 Å². The van der Waals surface area contributed by atoms with Crippen LogP contribution in [0.4, 0.5) is 51.2 Å². The number of ether oxygens (including phenoxy) is 5. The molecule has 0 aliphatic carbocycles. The lowest BCUT2D eigenvalue weighted by molar-refractivity contribution is -0.167. The van der Waals surface area contributed by atoms with Crippen molar-refractivity contribution in [2.24, 2.45) is 16.6 Å². The Morgan fingerprint density at radius 3 is 1.46 bits per heavy atom. The molecule has 0 saturated carbocycles. The summed E-state index contributed by atoms with van der Waals surface area (Å²) in [7, 11) is 1.00. The van der Waals surface area contributed by atoms with Crippen molar-refractivity contribution in [3.63, 3.8) is 0 Å². The summed E-state index contributed by atoms with van der Waals surface area (Å²) >= 11 is 0. The van der Waals surface area contributed by atoms with Crippen LogP contribution in [0.1, 0.15) is 24.0 Å². The fraction of sp³-hybridized carbons (Fsp3) is 0.239. The average Bonchev–Trinajstić information content (AvgIpc) is 1.55. The first kappa shape index (κ1) is 80.4. The summed E-state index contributed by atoms with van der Waals surface area (Å²) in [6.07, 6.45) is 0.726. The van der Waals surface area contributed by atoms with Crippen LogP contribution in [0.5, 0.6) is 0 Å². The maximum Gasteiger partial charge on any atom is 0.439 e. The Balaban J connectivity index is 0.000000192. The number of nitrogens with zero attached hydrogens (tertiary/aromatic N) is 13. The Hall–Kier alpha value is -14.3. The number of anilines is 9. The number of carbonyl (C=O) groups excluding carboxylic acids is 7. The Kier molecular flexibility index (Phi) is 28.8. The molecule has 13 rings (SSSR count). The second-order valence-corrected chi connectivity index (χ2v) is 22.4. The van der Waals surface area contributed by atoms with Crippen molar-refractivity contribution in [1.82, 2.24) is 45.2 Å². The molecule has 42 nitrogen and oxygen atoms in total. The highest BCUT2D eigenvalue weighted by atomic mass is 16.6. The van der Waals surface area contributed by atoms with Crippen LogP contribution in [-0.2, 0) is 57.2 Å². The van der Waals surface area contributed by atoms with Gasteiger partial charge in [0, 0.05) is 63.0 Å². The lowest BCUT2D eigenvalue weighted by Crippen LogP contribution is -2.56. The summed E-state index contributed by atoms with van der Waals surface area (Å²) in [6, 6.07) is 31.3. The van der Waals surface area contributed by atoms with E-state index in [-0.39, 0.29) is 91.6 Å². The van der Waals surface area contributed by atoms with Crippen molar-refractivity contribution in [3.05, 3.63) is 178 Å². The highest BCUT2D eigenvalue weighted by Crippen LogP contribution is 2.30. The van der Waals surface area contributed by atoms with Gasteiger partial charge < -0.3 is 98.0 Å². The van der Waals surface area contributed by atoms with E-state index in [1.54, 1.807) is 94.7 Å². The number of carbonyl (C=O) groups is 7. The standard InChI is InChI=1S/C25H24N6O9.C22H24N6O6.C7H6N4O2.C6H8N4O.C6H5N3.CH4O/c1-14(32)39-20(23(34)27-15-5-6-18(26-12-15)22-28-25(36)40-29-22)21-24(35)31(8-10-38-21)17-4-2-3-16(11-17)30-7-9-37-13-19(30)33;23-20(24)16-5-4-13(11-25-16)26-21(31)18(30)19-22(32)28(7-9-34-19)15-3-1-2-14(10-15)27-6-8-33-12-17(27)29;8-4-1-2-5(9-3-4)6-10-7(12)13-11-6;7-4-1-2-5(9-3-4)6(8)10-11;7-3-6-2-1-5(8)4-9-6;1-2/h2-6,11-12,20-21H,7-10,13H2,1H3,(H,27,34)(H,28,29,36);1-5,10-11,18-19,30H,6-9,12H2,(H3,23,24)(H,26,31);1-3H,8H2,(H,10,11,12);1-3,11H,7H2,(H2,8,10);1-2,4H,8H2;2H,1H3/t20-,21-;18-,19-;;;;/m11..../s1. The van der Waals surface area contributed by atoms with Gasteiger partial charge in [-0.25, -0.2) is 14.6 Å². The molecule has 2 aromatic carbocycles. The number of nitrogen functional groups attached to an aromatic ring is 4. The second-order valence-electron chi connectivity index (χ2n) is 22.4. The van der Waals surface area contributed by atoms with E-state index in [0.717, 1.165) is 14.0 Å². The summed E-state index contributed by atoms with van der Waals surface area (Å²) in [5.41, 5.74) is 32.9. The van der Waals surface area contributed by atoms with Crippen LogP contribution in [0, 0.1) is 16.7 Å². The van der Waals surface area contributed by atoms with E-state index in [9.17, 15) is 48.3 Å². The largest absolute Gasteiger partial charge is 0.449 e. The summed E-state index contributed by atoms with van der Waals surface area (Å²) < 4.78 is 35.4. The van der Waals surface area contributed by atoms with Crippen LogP contribution in [0.3, 0.4) is 0 Å². The predicted octanol–water partition coefficient (Wildman–Crippen LogP) is -0.540. The van der Waals surface area contributed by atoms with Crippen molar-refractivity contribution in [1.29, 1.82) is 10.7 Å². The number of amidine groups is 2. The molecular formula is C67H71N23O19. The molecule has 109 heavy (non-hydrogen) atoms. The number of hydrogen-bond donors (Lipinski definition) is 13. The van der Waals surface area contributed by atoms with Gasteiger partial charge in [0.2, 0.25) is 17.8 Å². The molecular weight excluding hydrogens is 1430 g/mol. The van der Waals surface area contributed by atoms with Gasteiger partial charge in [-0.2, -0.15) is 5.26 Å². The number of rotatable bonds is 15. The van der Waals surface area contributed by atoms with Crippen molar-refractivity contribution in [2.45, 2.75) is 31.3 Å². The van der Waals surface area contributed by atoms with E-state index in [0.29, 0.717) is 89.0 Å². The first-order valence-electron chi connectivity index (χ1n) is 32.1. The van der Waals surface area contributed by atoms with Crippen LogP contribution < -0.4 is 70.4 Å². The van der Waals surface area contributed by atoms with Gasteiger partial charge in [-0.3, -0.25) is 77.9 Å². The van der Waals surface area contributed by atoms with Crippen molar-refractivity contribution >= 4 is 104 Å². The second kappa shape index (κ2) is 39.0. The molecule has 4 saturated heterocycles. The van der Waals surface area contributed by atoms with Crippen molar-refractivity contribution in [2.75, 3.05) is 120 Å². The summed E-state index contributed by atoms with van der Waals surface area (Å²) in [4.78, 5) is 141. The number of morpholine rings is 4. The molecule has 4 atom stereocenters. The van der Waals surface area contributed by atoms with Gasteiger partial charge in [-0.15, -0.1) is 0 Å². The lowest BCUT2D eigenvalue weighted by atomic mass is 10.1. The third kappa shape index (κ3) is 22.4. The Morgan fingerprint density at radius 1 is 0.596 bits per heavy atom. The van der Waals surface area contributed by atoms with E-state index < -0.39 is 65.5 Å². The number of aromatic amines is 2. The normalized spacial score (nSPS) is 16.0. The monoisotopic (exact) mass is 1500 g/mol.